The molecule has 0 radical (unpaired) electrons. The predicted octanol–water partition coefficient (Wildman–Crippen LogP) is 2.64. The standard InChI is InChI=1S/C19H19N3O4S/c1-25-15-8-7-14(18(11-15)26-2)12-22-27(23,24)19-6-4-3-5-16(19)17-9-10-20-13-21-17/h3-11,13,22H,12H2,1-2H3. The average Bonchev–Trinajstić information content (AvgIpc) is 2.72. The smallest absolute Gasteiger partial charge is 0.241 e. The van der Waals surface area contributed by atoms with E-state index in [0.29, 0.717) is 28.3 Å². The molecule has 3 rings (SSSR count). The molecular formula is C19H19N3O4S. The Hall–Kier alpha value is -2.97. The van der Waals surface area contributed by atoms with Crippen LogP contribution in [0.3, 0.4) is 0 Å². The van der Waals surface area contributed by atoms with Crippen molar-refractivity contribution in [3.8, 4) is 22.8 Å². The Balaban J connectivity index is 1.89. The number of rotatable bonds is 7. The zero-order valence-electron chi connectivity index (χ0n) is 14.9. The zero-order valence-corrected chi connectivity index (χ0v) is 15.7. The Morgan fingerprint density at radius 2 is 1.85 bits per heavy atom. The highest BCUT2D eigenvalue weighted by molar-refractivity contribution is 7.89. The van der Waals surface area contributed by atoms with Crippen molar-refractivity contribution < 1.29 is 17.9 Å². The minimum Gasteiger partial charge on any atom is -0.497 e. The number of methoxy groups -OCH3 is 2. The maximum atomic E-state index is 12.9. The van der Waals surface area contributed by atoms with Crippen LogP contribution in [0, 0.1) is 0 Å². The first-order valence-corrected chi connectivity index (χ1v) is 9.59. The SMILES string of the molecule is COc1ccc(CNS(=O)(=O)c2ccccc2-c2ccncn2)c(OC)c1. The van der Waals surface area contributed by atoms with E-state index in [0.717, 1.165) is 0 Å². The second kappa shape index (κ2) is 8.15. The number of ether oxygens (including phenoxy) is 2. The summed E-state index contributed by atoms with van der Waals surface area (Å²) in [5.74, 6) is 1.17. The molecule has 0 amide bonds. The fourth-order valence-electron chi connectivity index (χ4n) is 2.61. The van der Waals surface area contributed by atoms with Crippen molar-refractivity contribution in [1.82, 2.24) is 14.7 Å². The van der Waals surface area contributed by atoms with Gasteiger partial charge in [0.25, 0.3) is 0 Å². The average molecular weight is 385 g/mol. The summed E-state index contributed by atoms with van der Waals surface area (Å²) in [5, 5.41) is 0. The molecule has 140 valence electrons. The first kappa shape index (κ1) is 18.8. The van der Waals surface area contributed by atoms with Crippen LogP contribution in [0.5, 0.6) is 11.5 Å². The van der Waals surface area contributed by atoms with Crippen molar-refractivity contribution >= 4 is 10.0 Å². The van der Waals surface area contributed by atoms with Crippen LogP contribution < -0.4 is 14.2 Å². The number of sulfonamides is 1. The van der Waals surface area contributed by atoms with Gasteiger partial charge in [0.2, 0.25) is 10.0 Å². The van der Waals surface area contributed by atoms with Crippen molar-refractivity contribution in [2.24, 2.45) is 0 Å². The third-order valence-electron chi connectivity index (χ3n) is 3.98. The van der Waals surface area contributed by atoms with Gasteiger partial charge in [-0.05, 0) is 18.2 Å². The van der Waals surface area contributed by atoms with Gasteiger partial charge < -0.3 is 9.47 Å². The van der Waals surface area contributed by atoms with Crippen LogP contribution in [0.4, 0.5) is 0 Å². The molecule has 1 aromatic heterocycles. The van der Waals surface area contributed by atoms with Crippen molar-refractivity contribution in [1.29, 1.82) is 0 Å². The molecule has 0 saturated heterocycles. The molecule has 0 saturated carbocycles. The van der Waals surface area contributed by atoms with Crippen LogP contribution >= 0.6 is 0 Å². The molecule has 0 spiro atoms. The monoisotopic (exact) mass is 385 g/mol. The summed E-state index contributed by atoms with van der Waals surface area (Å²) in [7, 11) is -0.693. The van der Waals surface area contributed by atoms with E-state index in [2.05, 4.69) is 14.7 Å². The molecule has 0 unspecified atom stereocenters. The van der Waals surface area contributed by atoms with Gasteiger partial charge in [-0.15, -0.1) is 0 Å². The molecule has 3 aromatic rings. The highest BCUT2D eigenvalue weighted by Gasteiger charge is 2.20. The summed E-state index contributed by atoms with van der Waals surface area (Å²) in [6.07, 6.45) is 2.95. The summed E-state index contributed by atoms with van der Waals surface area (Å²) in [6.45, 7) is 0.0770. The Labute approximate surface area is 158 Å². The Morgan fingerprint density at radius 3 is 2.56 bits per heavy atom. The topological polar surface area (TPSA) is 90.4 Å². The predicted molar refractivity (Wildman–Crippen MR) is 101 cm³/mol. The Morgan fingerprint density at radius 1 is 1.04 bits per heavy atom. The molecule has 0 aliphatic carbocycles. The quantitative estimate of drug-likeness (QED) is 0.672. The molecule has 0 aliphatic rings. The second-order valence-corrected chi connectivity index (χ2v) is 7.33. The largest absolute Gasteiger partial charge is 0.497 e. The molecule has 2 aromatic carbocycles. The molecule has 0 bridgehead atoms. The van der Waals surface area contributed by atoms with E-state index in [-0.39, 0.29) is 11.4 Å². The van der Waals surface area contributed by atoms with Crippen LogP contribution in [0.2, 0.25) is 0 Å². The minimum absolute atomic E-state index is 0.0770. The molecular weight excluding hydrogens is 366 g/mol. The van der Waals surface area contributed by atoms with Gasteiger partial charge in [-0.1, -0.05) is 24.3 Å². The zero-order chi connectivity index (χ0) is 19.3. The normalized spacial score (nSPS) is 11.2. The van der Waals surface area contributed by atoms with Gasteiger partial charge in [-0.2, -0.15) is 0 Å². The Kier molecular flexibility index (Phi) is 5.68. The number of aromatic nitrogens is 2. The van der Waals surface area contributed by atoms with Gasteiger partial charge in [0.15, 0.2) is 0 Å². The van der Waals surface area contributed by atoms with Gasteiger partial charge in [0.05, 0.1) is 24.8 Å². The van der Waals surface area contributed by atoms with E-state index >= 15 is 0 Å². The van der Waals surface area contributed by atoms with Gasteiger partial charge in [-0.25, -0.2) is 23.1 Å². The number of benzene rings is 2. The van der Waals surface area contributed by atoms with Crippen LogP contribution in [0.15, 0.2) is 66.0 Å². The molecule has 27 heavy (non-hydrogen) atoms. The summed E-state index contributed by atoms with van der Waals surface area (Å²) in [4.78, 5) is 8.17. The van der Waals surface area contributed by atoms with E-state index in [9.17, 15) is 8.42 Å². The molecule has 7 nitrogen and oxygen atoms in total. The first-order chi connectivity index (χ1) is 13.0. The van der Waals surface area contributed by atoms with Gasteiger partial charge in [0.1, 0.15) is 17.8 Å². The van der Waals surface area contributed by atoms with E-state index in [4.69, 9.17) is 9.47 Å². The molecule has 1 heterocycles. The van der Waals surface area contributed by atoms with Crippen LogP contribution in [0.1, 0.15) is 5.56 Å². The lowest BCUT2D eigenvalue weighted by atomic mass is 10.1. The lowest BCUT2D eigenvalue weighted by Crippen LogP contribution is -2.24. The lowest BCUT2D eigenvalue weighted by Gasteiger charge is -2.13. The molecule has 0 aliphatic heterocycles. The number of nitrogens with zero attached hydrogens (tertiary/aromatic N) is 2. The van der Waals surface area contributed by atoms with E-state index in [1.807, 2.05) is 0 Å². The number of nitrogens with one attached hydrogen (secondary N) is 1. The fourth-order valence-corrected chi connectivity index (χ4v) is 3.83. The number of hydrogen-bond acceptors (Lipinski definition) is 6. The molecule has 0 fully saturated rings. The molecule has 8 heteroatoms. The lowest BCUT2D eigenvalue weighted by molar-refractivity contribution is 0.390. The summed E-state index contributed by atoms with van der Waals surface area (Å²) in [5.41, 5.74) is 1.74. The third-order valence-corrected chi connectivity index (χ3v) is 5.44. The van der Waals surface area contributed by atoms with Gasteiger partial charge in [0, 0.05) is 29.9 Å². The molecule has 0 atom stereocenters. The van der Waals surface area contributed by atoms with Gasteiger partial charge in [-0.3, -0.25) is 0 Å². The van der Waals surface area contributed by atoms with Crippen molar-refractivity contribution in [2.45, 2.75) is 11.4 Å². The van der Waals surface area contributed by atoms with Crippen LogP contribution in [0.25, 0.3) is 11.3 Å². The highest BCUT2D eigenvalue weighted by atomic mass is 32.2. The highest BCUT2D eigenvalue weighted by Crippen LogP contribution is 2.27. The van der Waals surface area contributed by atoms with E-state index < -0.39 is 10.0 Å². The van der Waals surface area contributed by atoms with E-state index in [1.54, 1.807) is 61.8 Å². The first-order valence-electron chi connectivity index (χ1n) is 8.11. The summed E-state index contributed by atoms with van der Waals surface area (Å²) < 4.78 is 38.9. The maximum Gasteiger partial charge on any atom is 0.241 e. The van der Waals surface area contributed by atoms with Crippen LogP contribution in [-0.2, 0) is 16.6 Å². The molecule has 1 N–H and O–H groups in total. The fraction of sp³-hybridized carbons (Fsp3) is 0.158. The minimum atomic E-state index is -3.78. The number of hydrogen-bond donors (Lipinski definition) is 1. The third kappa shape index (κ3) is 4.24. The van der Waals surface area contributed by atoms with Crippen molar-refractivity contribution in [3.63, 3.8) is 0 Å². The van der Waals surface area contributed by atoms with Crippen LogP contribution in [-0.4, -0.2) is 32.6 Å². The second-order valence-electron chi connectivity index (χ2n) is 5.59. The van der Waals surface area contributed by atoms with E-state index in [1.165, 1.54) is 13.4 Å². The van der Waals surface area contributed by atoms with Crippen molar-refractivity contribution in [2.75, 3.05) is 14.2 Å². The van der Waals surface area contributed by atoms with Gasteiger partial charge >= 0.3 is 0 Å². The summed E-state index contributed by atoms with van der Waals surface area (Å²) >= 11 is 0. The van der Waals surface area contributed by atoms with Crippen molar-refractivity contribution in [3.05, 3.63) is 66.6 Å². The summed E-state index contributed by atoms with van der Waals surface area (Å²) in [6, 6.07) is 13.6. The Bertz CT molecular complexity index is 1020. The maximum absolute atomic E-state index is 12.9.